The summed E-state index contributed by atoms with van der Waals surface area (Å²) in [4.78, 5) is 16.3. The molecule has 124 valence electrons. The normalized spacial score (nSPS) is 21.8. The van der Waals surface area contributed by atoms with Crippen LogP contribution in [0.25, 0.3) is 11.0 Å². The Labute approximate surface area is 138 Å². The number of esters is 1. The maximum absolute atomic E-state index is 11.8. The van der Waals surface area contributed by atoms with Crippen molar-refractivity contribution in [3.63, 3.8) is 0 Å². The smallest absolute Gasteiger partial charge is 0.319 e. The largest absolute Gasteiger partial charge is 0.462 e. The Morgan fingerprint density at radius 1 is 1.48 bits per heavy atom. The molecule has 9 heteroatoms. The Balaban J connectivity index is 2.02. The highest BCUT2D eigenvalue weighted by molar-refractivity contribution is 8.00. The van der Waals surface area contributed by atoms with Gasteiger partial charge in [0.1, 0.15) is 11.4 Å². The van der Waals surface area contributed by atoms with Gasteiger partial charge in [-0.1, -0.05) is 11.8 Å². The summed E-state index contributed by atoms with van der Waals surface area (Å²) < 4.78 is 30.1. The lowest BCUT2D eigenvalue weighted by molar-refractivity contribution is -0.140. The van der Waals surface area contributed by atoms with Gasteiger partial charge in [0.25, 0.3) is 0 Å². The average Bonchev–Trinajstić information content (AvgIpc) is 2.96. The van der Waals surface area contributed by atoms with Gasteiger partial charge < -0.3 is 9.30 Å². The summed E-state index contributed by atoms with van der Waals surface area (Å²) in [7, 11) is -3.77. The van der Waals surface area contributed by atoms with Crippen LogP contribution >= 0.6 is 11.8 Å². The van der Waals surface area contributed by atoms with Crippen molar-refractivity contribution in [1.82, 2.24) is 9.55 Å². The lowest BCUT2D eigenvalue weighted by Crippen LogP contribution is -2.11. The molecule has 0 bridgehead atoms. The van der Waals surface area contributed by atoms with E-state index in [9.17, 15) is 13.2 Å². The van der Waals surface area contributed by atoms with Crippen LogP contribution in [-0.2, 0) is 26.1 Å². The summed E-state index contributed by atoms with van der Waals surface area (Å²) in [5.74, 6) is -0.234. The average molecular weight is 355 g/mol. The number of primary sulfonamides is 1. The SMILES string of the molecule is CCn1c(S[C@@H]2C[C@@H](C)OC2=O)nc2cc(S(N)(=O)=O)ccc21. The van der Waals surface area contributed by atoms with E-state index >= 15 is 0 Å². The number of cyclic esters (lactones) is 1. The van der Waals surface area contributed by atoms with Crippen LogP contribution < -0.4 is 5.14 Å². The fourth-order valence-electron chi connectivity index (χ4n) is 2.60. The van der Waals surface area contributed by atoms with E-state index in [4.69, 9.17) is 9.88 Å². The lowest BCUT2D eigenvalue weighted by atomic mass is 10.3. The molecule has 1 aromatic heterocycles. The Kier molecular flexibility index (Phi) is 4.11. The second-order valence-electron chi connectivity index (χ2n) is 5.42. The molecular formula is C14H17N3O4S2. The number of aryl methyl sites for hydroxylation is 1. The van der Waals surface area contributed by atoms with E-state index in [1.54, 1.807) is 6.07 Å². The number of ether oxygens (including phenoxy) is 1. The van der Waals surface area contributed by atoms with Crippen molar-refractivity contribution in [3.05, 3.63) is 18.2 Å². The standard InChI is InChI=1S/C14H17N3O4S2/c1-3-17-11-5-4-9(23(15,19)20)7-10(11)16-14(17)22-12-6-8(2)21-13(12)18/h4-5,7-8,12H,3,6H2,1-2H3,(H2,15,19,20)/t8-,12-/m1/s1. The van der Waals surface area contributed by atoms with E-state index < -0.39 is 10.0 Å². The molecule has 2 aromatic rings. The number of aromatic nitrogens is 2. The molecular weight excluding hydrogens is 338 g/mol. The molecule has 0 unspecified atom stereocenters. The van der Waals surface area contributed by atoms with Gasteiger partial charge in [0.2, 0.25) is 10.0 Å². The van der Waals surface area contributed by atoms with Gasteiger partial charge in [-0.05, 0) is 32.0 Å². The highest BCUT2D eigenvalue weighted by Crippen LogP contribution is 2.34. The van der Waals surface area contributed by atoms with Crippen LogP contribution in [0, 0.1) is 0 Å². The minimum Gasteiger partial charge on any atom is -0.462 e. The number of nitrogens with two attached hydrogens (primary N) is 1. The van der Waals surface area contributed by atoms with E-state index in [0.29, 0.717) is 23.6 Å². The minimum absolute atomic E-state index is 0.0243. The van der Waals surface area contributed by atoms with Gasteiger partial charge >= 0.3 is 5.97 Å². The van der Waals surface area contributed by atoms with Crippen molar-refractivity contribution in [3.8, 4) is 0 Å². The zero-order valence-electron chi connectivity index (χ0n) is 12.7. The fraction of sp³-hybridized carbons (Fsp3) is 0.429. The number of benzene rings is 1. The van der Waals surface area contributed by atoms with E-state index in [0.717, 1.165) is 5.52 Å². The molecule has 2 N–H and O–H groups in total. The van der Waals surface area contributed by atoms with E-state index in [2.05, 4.69) is 4.98 Å². The van der Waals surface area contributed by atoms with Crippen LogP contribution in [0.3, 0.4) is 0 Å². The summed E-state index contributed by atoms with van der Waals surface area (Å²) in [5, 5.41) is 5.55. The third-order valence-corrected chi connectivity index (χ3v) is 5.81. The van der Waals surface area contributed by atoms with Crippen molar-refractivity contribution in [2.75, 3.05) is 0 Å². The first-order valence-electron chi connectivity index (χ1n) is 7.20. The number of hydrogen-bond acceptors (Lipinski definition) is 6. The highest BCUT2D eigenvalue weighted by Gasteiger charge is 2.34. The van der Waals surface area contributed by atoms with Crippen LogP contribution in [0.2, 0.25) is 0 Å². The van der Waals surface area contributed by atoms with Gasteiger partial charge in [0.05, 0.1) is 15.9 Å². The maximum Gasteiger partial charge on any atom is 0.319 e. The van der Waals surface area contributed by atoms with Crippen molar-refractivity contribution in [1.29, 1.82) is 0 Å². The van der Waals surface area contributed by atoms with Crippen LogP contribution in [0.15, 0.2) is 28.3 Å². The summed E-state index contributed by atoms with van der Waals surface area (Å²) in [6.07, 6.45) is 0.548. The third kappa shape index (κ3) is 3.08. The molecule has 2 heterocycles. The fourth-order valence-corrected chi connectivity index (χ4v) is 4.42. The molecule has 1 aromatic carbocycles. The number of sulfonamides is 1. The number of fused-ring (bicyclic) bond motifs is 1. The Bertz CT molecular complexity index is 876. The molecule has 7 nitrogen and oxygen atoms in total. The Morgan fingerprint density at radius 2 is 2.22 bits per heavy atom. The van der Waals surface area contributed by atoms with Crippen LogP contribution in [-0.4, -0.2) is 35.3 Å². The lowest BCUT2D eigenvalue weighted by Gasteiger charge is -2.07. The number of nitrogens with zero attached hydrogens (tertiary/aromatic N) is 2. The molecule has 1 fully saturated rings. The summed E-state index contributed by atoms with van der Waals surface area (Å²) in [6, 6.07) is 4.60. The molecule has 1 aliphatic heterocycles. The molecule has 0 aliphatic carbocycles. The summed E-state index contributed by atoms with van der Waals surface area (Å²) in [6.45, 7) is 4.48. The monoisotopic (exact) mass is 355 g/mol. The quantitative estimate of drug-likeness (QED) is 0.834. The molecule has 23 heavy (non-hydrogen) atoms. The molecule has 0 radical (unpaired) electrons. The topological polar surface area (TPSA) is 104 Å². The van der Waals surface area contributed by atoms with Crippen molar-refractivity contribution in [2.45, 2.75) is 48.2 Å². The van der Waals surface area contributed by atoms with Gasteiger partial charge in [-0.3, -0.25) is 4.79 Å². The number of rotatable bonds is 4. The van der Waals surface area contributed by atoms with Gasteiger partial charge in [-0.2, -0.15) is 0 Å². The van der Waals surface area contributed by atoms with Crippen molar-refractivity contribution >= 4 is 38.8 Å². The van der Waals surface area contributed by atoms with Crippen LogP contribution in [0.5, 0.6) is 0 Å². The zero-order chi connectivity index (χ0) is 16.8. The van der Waals surface area contributed by atoms with Gasteiger partial charge in [0, 0.05) is 13.0 Å². The third-order valence-electron chi connectivity index (χ3n) is 3.70. The van der Waals surface area contributed by atoms with Crippen LogP contribution in [0.1, 0.15) is 20.3 Å². The molecule has 3 rings (SSSR count). The second-order valence-corrected chi connectivity index (χ2v) is 8.16. The molecule has 2 atom stereocenters. The van der Waals surface area contributed by atoms with E-state index in [-0.39, 0.29) is 22.2 Å². The Hall–Kier alpha value is -1.58. The molecule has 1 saturated heterocycles. The predicted molar refractivity (Wildman–Crippen MR) is 86.6 cm³/mol. The zero-order valence-corrected chi connectivity index (χ0v) is 14.4. The van der Waals surface area contributed by atoms with E-state index in [1.165, 1.54) is 23.9 Å². The summed E-state index contributed by atoms with van der Waals surface area (Å²) >= 11 is 1.35. The molecule has 0 amide bonds. The maximum atomic E-state index is 11.8. The first kappa shape index (κ1) is 16.3. The van der Waals surface area contributed by atoms with Gasteiger partial charge in [0.15, 0.2) is 5.16 Å². The van der Waals surface area contributed by atoms with Crippen molar-refractivity contribution < 1.29 is 17.9 Å². The minimum atomic E-state index is -3.77. The highest BCUT2D eigenvalue weighted by atomic mass is 32.2. The number of hydrogen-bond donors (Lipinski definition) is 1. The number of thioether (sulfide) groups is 1. The number of carbonyl (C=O) groups excluding carboxylic acids is 1. The van der Waals surface area contributed by atoms with E-state index in [1.807, 2.05) is 18.4 Å². The van der Waals surface area contributed by atoms with Gasteiger partial charge in [-0.15, -0.1) is 0 Å². The van der Waals surface area contributed by atoms with Gasteiger partial charge in [-0.25, -0.2) is 18.5 Å². The first-order valence-corrected chi connectivity index (χ1v) is 9.62. The number of carbonyl (C=O) groups is 1. The second kappa shape index (κ2) is 5.81. The number of imidazole rings is 1. The molecule has 0 spiro atoms. The summed E-state index contributed by atoms with van der Waals surface area (Å²) in [5.41, 5.74) is 1.35. The Morgan fingerprint density at radius 3 is 2.78 bits per heavy atom. The predicted octanol–water partition coefficient (Wildman–Crippen LogP) is 1.50. The molecule has 0 saturated carbocycles. The first-order chi connectivity index (χ1) is 10.8. The van der Waals surface area contributed by atoms with Crippen LogP contribution in [0.4, 0.5) is 0 Å². The van der Waals surface area contributed by atoms with Crippen molar-refractivity contribution in [2.24, 2.45) is 5.14 Å². The molecule has 1 aliphatic rings.